The number of anilines is 1. The van der Waals surface area contributed by atoms with Gasteiger partial charge in [-0.05, 0) is 24.3 Å². The summed E-state index contributed by atoms with van der Waals surface area (Å²) in [5, 5.41) is 4.40. The third-order valence-electron chi connectivity index (χ3n) is 2.00. The van der Waals surface area contributed by atoms with Gasteiger partial charge >= 0.3 is 0 Å². The Morgan fingerprint density at radius 1 is 1.24 bits per heavy atom. The van der Waals surface area contributed by atoms with Gasteiger partial charge in [-0.2, -0.15) is 5.10 Å². The molecule has 0 heterocycles. The zero-order chi connectivity index (χ0) is 13.1. The standard InChI is InChI=1S/C12H14Cl2N2O/c1-12(2,3)10(17)11(14)16-15-9-6-4-8(13)5-7-9/h4-7,15H,1-3H3/b16-11+. The van der Waals surface area contributed by atoms with Crippen LogP contribution in [0, 0.1) is 5.41 Å². The van der Waals surface area contributed by atoms with E-state index in [0.29, 0.717) is 10.7 Å². The summed E-state index contributed by atoms with van der Waals surface area (Å²) in [7, 11) is 0. The molecule has 0 bridgehead atoms. The Kier molecular flexibility index (Phi) is 4.54. The summed E-state index contributed by atoms with van der Waals surface area (Å²) in [6.45, 7) is 5.36. The van der Waals surface area contributed by atoms with Gasteiger partial charge in [-0.15, -0.1) is 0 Å². The number of Topliss-reactive ketones (excluding diaryl/α,β-unsaturated/α-hetero) is 1. The minimum Gasteiger partial charge on any atom is -0.291 e. The average molecular weight is 273 g/mol. The smallest absolute Gasteiger partial charge is 0.199 e. The van der Waals surface area contributed by atoms with Gasteiger partial charge in [0.2, 0.25) is 0 Å². The molecule has 1 N–H and O–H groups in total. The predicted octanol–water partition coefficient (Wildman–Crippen LogP) is 3.92. The second-order valence-electron chi connectivity index (χ2n) is 4.60. The van der Waals surface area contributed by atoms with Crippen molar-refractivity contribution in [2.24, 2.45) is 10.5 Å². The number of hydrogen-bond acceptors (Lipinski definition) is 3. The van der Waals surface area contributed by atoms with E-state index in [1.807, 2.05) is 0 Å². The summed E-state index contributed by atoms with van der Waals surface area (Å²) in [4.78, 5) is 11.7. The first-order valence-corrected chi connectivity index (χ1v) is 5.86. The van der Waals surface area contributed by atoms with Crippen LogP contribution in [-0.4, -0.2) is 11.0 Å². The van der Waals surface area contributed by atoms with Gasteiger partial charge in [-0.25, -0.2) is 0 Å². The van der Waals surface area contributed by atoms with E-state index in [1.54, 1.807) is 45.0 Å². The summed E-state index contributed by atoms with van der Waals surface area (Å²) in [6, 6.07) is 6.94. The third-order valence-corrected chi connectivity index (χ3v) is 2.50. The molecule has 0 saturated heterocycles. The number of benzene rings is 1. The second-order valence-corrected chi connectivity index (χ2v) is 5.39. The fraction of sp³-hybridized carbons (Fsp3) is 0.333. The van der Waals surface area contributed by atoms with Crippen molar-refractivity contribution in [1.82, 2.24) is 0 Å². The molecule has 1 aromatic rings. The Bertz CT molecular complexity index is 433. The average Bonchev–Trinajstić information content (AvgIpc) is 2.25. The molecule has 0 saturated carbocycles. The molecule has 17 heavy (non-hydrogen) atoms. The molecule has 0 radical (unpaired) electrons. The molecule has 1 rings (SSSR count). The summed E-state index contributed by atoms with van der Waals surface area (Å²) >= 11 is 11.5. The lowest BCUT2D eigenvalue weighted by Crippen LogP contribution is -2.26. The molecule has 0 aliphatic heterocycles. The van der Waals surface area contributed by atoms with Crippen molar-refractivity contribution >= 4 is 39.8 Å². The van der Waals surface area contributed by atoms with E-state index in [9.17, 15) is 4.79 Å². The monoisotopic (exact) mass is 272 g/mol. The minimum absolute atomic E-state index is 0.0625. The lowest BCUT2D eigenvalue weighted by Gasteiger charge is -2.14. The lowest BCUT2D eigenvalue weighted by molar-refractivity contribution is -0.119. The first-order valence-electron chi connectivity index (χ1n) is 5.10. The molecule has 0 fully saturated rings. The van der Waals surface area contributed by atoms with Crippen molar-refractivity contribution in [3.05, 3.63) is 29.3 Å². The number of hydrogen-bond donors (Lipinski definition) is 1. The third kappa shape index (κ3) is 4.36. The number of nitrogens with one attached hydrogen (secondary N) is 1. The van der Waals surface area contributed by atoms with E-state index in [2.05, 4.69) is 10.5 Å². The molecule has 5 heteroatoms. The Labute approximate surface area is 111 Å². The molecule has 92 valence electrons. The molecule has 0 atom stereocenters. The second kappa shape index (κ2) is 5.52. The Hall–Kier alpha value is -1.06. The summed E-state index contributed by atoms with van der Waals surface area (Å²) in [6.07, 6.45) is 0. The highest BCUT2D eigenvalue weighted by atomic mass is 35.5. The number of hydrazone groups is 1. The maximum Gasteiger partial charge on any atom is 0.199 e. The van der Waals surface area contributed by atoms with Gasteiger partial charge in [0.15, 0.2) is 11.0 Å². The number of carbonyl (C=O) groups excluding carboxylic acids is 1. The fourth-order valence-corrected chi connectivity index (χ4v) is 1.45. The highest BCUT2D eigenvalue weighted by Gasteiger charge is 2.25. The quantitative estimate of drug-likeness (QED) is 0.669. The van der Waals surface area contributed by atoms with Crippen LogP contribution in [0.5, 0.6) is 0 Å². The van der Waals surface area contributed by atoms with Crippen molar-refractivity contribution in [3.8, 4) is 0 Å². The van der Waals surface area contributed by atoms with Crippen molar-refractivity contribution in [2.45, 2.75) is 20.8 Å². The van der Waals surface area contributed by atoms with Gasteiger partial charge in [0.1, 0.15) is 0 Å². The van der Waals surface area contributed by atoms with Gasteiger partial charge in [-0.3, -0.25) is 10.2 Å². The van der Waals surface area contributed by atoms with Gasteiger partial charge in [0.05, 0.1) is 5.69 Å². The molecule has 0 aromatic heterocycles. The molecule has 0 spiro atoms. The van der Waals surface area contributed by atoms with Crippen LogP contribution >= 0.6 is 23.2 Å². The van der Waals surface area contributed by atoms with Crippen LogP contribution < -0.4 is 5.43 Å². The lowest BCUT2D eigenvalue weighted by atomic mass is 9.91. The Morgan fingerprint density at radius 2 is 1.76 bits per heavy atom. The minimum atomic E-state index is -0.539. The fourth-order valence-electron chi connectivity index (χ4n) is 0.998. The first kappa shape index (κ1) is 14.0. The molecule has 3 nitrogen and oxygen atoms in total. The molecule has 0 aliphatic carbocycles. The largest absolute Gasteiger partial charge is 0.291 e. The van der Waals surface area contributed by atoms with Crippen LogP contribution in [0.15, 0.2) is 29.4 Å². The van der Waals surface area contributed by atoms with Crippen LogP contribution in [0.25, 0.3) is 0 Å². The highest BCUT2D eigenvalue weighted by Crippen LogP contribution is 2.17. The maximum atomic E-state index is 11.7. The van der Waals surface area contributed by atoms with E-state index in [4.69, 9.17) is 23.2 Å². The highest BCUT2D eigenvalue weighted by molar-refractivity contribution is 6.83. The molecule has 0 aliphatic rings. The van der Waals surface area contributed by atoms with Gasteiger partial charge in [0.25, 0.3) is 0 Å². The van der Waals surface area contributed by atoms with Gasteiger partial charge < -0.3 is 0 Å². The van der Waals surface area contributed by atoms with Crippen molar-refractivity contribution in [3.63, 3.8) is 0 Å². The first-order chi connectivity index (χ1) is 7.80. The molecular weight excluding hydrogens is 259 g/mol. The topological polar surface area (TPSA) is 41.5 Å². The zero-order valence-corrected chi connectivity index (χ0v) is 11.4. The van der Waals surface area contributed by atoms with Crippen molar-refractivity contribution in [2.75, 3.05) is 5.43 Å². The number of ketones is 1. The molecule has 0 unspecified atom stereocenters. The Morgan fingerprint density at radius 3 is 2.24 bits per heavy atom. The SMILES string of the molecule is CC(C)(C)C(=O)/C(Cl)=N\Nc1ccc(Cl)cc1. The van der Waals surface area contributed by atoms with E-state index in [-0.39, 0.29) is 11.0 Å². The predicted molar refractivity (Wildman–Crippen MR) is 72.8 cm³/mol. The molecule has 0 amide bonds. The van der Waals surface area contributed by atoms with E-state index < -0.39 is 5.41 Å². The summed E-state index contributed by atoms with van der Waals surface area (Å²) in [5.41, 5.74) is 2.88. The van der Waals surface area contributed by atoms with Gasteiger partial charge in [0, 0.05) is 10.4 Å². The van der Waals surface area contributed by atoms with Gasteiger partial charge in [-0.1, -0.05) is 44.0 Å². The normalized spacial score (nSPS) is 12.4. The summed E-state index contributed by atoms with van der Waals surface area (Å²) < 4.78 is 0. The van der Waals surface area contributed by atoms with E-state index >= 15 is 0 Å². The number of carbonyl (C=O) groups is 1. The van der Waals surface area contributed by atoms with Crippen molar-refractivity contribution in [1.29, 1.82) is 0 Å². The molecular formula is C12H14Cl2N2O. The van der Waals surface area contributed by atoms with Crippen LogP contribution in [0.3, 0.4) is 0 Å². The van der Waals surface area contributed by atoms with Crippen LogP contribution in [0.1, 0.15) is 20.8 Å². The Balaban J connectivity index is 2.71. The van der Waals surface area contributed by atoms with Crippen molar-refractivity contribution < 1.29 is 4.79 Å². The zero-order valence-electron chi connectivity index (χ0n) is 9.92. The van der Waals surface area contributed by atoms with E-state index in [0.717, 1.165) is 0 Å². The molecule has 1 aromatic carbocycles. The van der Waals surface area contributed by atoms with Crippen LogP contribution in [-0.2, 0) is 4.79 Å². The summed E-state index contributed by atoms with van der Waals surface area (Å²) in [5.74, 6) is -0.208. The number of halogens is 2. The van der Waals surface area contributed by atoms with Crippen LogP contribution in [0.4, 0.5) is 5.69 Å². The number of rotatable bonds is 3. The number of nitrogens with zero attached hydrogens (tertiary/aromatic N) is 1. The van der Waals surface area contributed by atoms with Crippen LogP contribution in [0.2, 0.25) is 5.02 Å². The van der Waals surface area contributed by atoms with E-state index in [1.165, 1.54) is 0 Å². The maximum absolute atomic E-state index is 11.7.